The summed E-state index contributed by atoms with van der Waals surface area (Å²) in [5.74, 6) is 0.997. The molecule has 1 aromatic carbocycles. The maximum absolute atomic E-state index is 11.0. The number of nitrogens with zero attached hydrogens (tertiary/aromatic N) is 4. The average Bonchev–Trinajstić information content (AvgIpc) is 2.53. The van der Waals surface area contributed by atoms with Crippen molar-refractivity contribution in [1.82, 2.24) is 20.1 Å². The van der Waals surface area contributed by atoms with E-state index < -0.39 is 0 Å². The summed E-state index contributed by atoms with van der Waals surface area (Å²) in [6, 6.07) is 7.29. The Morgan fingerprint density at radius 1 is 1.17 bits per heavy atom. The smallest absolute Gasteiger partial charge is 0.249 e. The molecule has 0 aliphatic carbocycles. The van der Waals surface area contributed by atoms with Gasteiger partial charge in [0.15, 0.2) is 5.82 Å². The summed E-state index contributed by atoms with van der Waals surface area (Å²) < 4.78 is 0. The van der Waals surface area contributed by atoms with Gasteiger partial charge >= 0.3 is 0 Å². The lowest BCUT2D eigenvalue weighted by atomic mass is 10.3. The molecule has 8 nitrogen and oxygen atoms in total. The lowest BCUT2D eigenvalue weighted by Crippen LogP contribution is -2.17. The summed E-state index contributed by atoms with van der Waals surface area (Å²) in [4.78, 5) is 17.5. The Morgan fingerprint density at radius 3 is 2.54 bits per heavy atom. The average molecular weight is 329 g/mol. The first-order valence-corrected chi connectivity index (χ1v) is 7.76. The van der Waals surface area contributed by atoms with Gasteiger partial charge in [-0.25, -0.2) is 0 Å². The standard InChI is InChI=1S/C16H23N7O/c1-12(24)19-13-5-7-14(8-6-13)20-16-21-15(11-18-22-16)17-9-4-10-23(2)3/h5-8,11H,4,9-10H2,1-3H3,(H,19,24)(H2,17,20,21,22). The molecule has 0 bridgehead atoms. The second-order valence-corrected chi connectivity index (χ2v) is 5.63. The van der Waals surface area contributed by atoms with Crippen LogP contribution in [0.1, 0.15) is 13.3 Å². The number of amides is 1. The summed E-state index contributed by atoms with van der Waals surface area (Å²) >= 11 is 0. The van der Waals surface area contributed by atoms with Crippen LogP contribution in [0.3, 0.4) is 0 Å². The Labute approximate surface area is 141 Å². The minimum atomic E-state index is -0.101. The van der Waals surface area contributed by atoms with Gasteiger partial charge in [0.2, 0.25) is 11.9 Å². The number of rotatable bonds is 8. The molecular formula is C16H23N7O. The molecule has 0 spiro atoms. The lowest BCUT2D eigenvalue weighted by molar-refractivity contribution is -0.114. The topological polar surface area (TPSA) is 95.1 Å². The van der Waals surface area contributed by atoms with Gasteiger partial charge in [-0.05, 0) is 51.3 Å². The van der Waals surface area contributed by atoms with Crippen molar-refractivity contribution in [2.24, 2.45) is 0 Å². The van der Waals surface area contributed by atoms with E-state index in [1.165, 1.54) is 6.92 Å². The molecule has 0 fully saturated rings. The van der Waals surface area contributed by atoms with E-state index >= 15 is 0 Å². The number of hydrogen-bond donors (Lipinski definition) is 3. The van der Waals surface area contributed by atoms with Gasteiger partial charge < -0.3 is 20.9 Å². The van der Waals surface area contributed by atoms with Crippen molar-refractivity contribution in [3.8, 4) is 0 Å². The van der Waals surface area contributed by atoms with E-state index in [0.29, 0.717) is 11.8 Å². The fraction of sp³-hybridized carbons (Fsp3) is 0.375. The number of hydrogen-bond acceptors (Lipinski definition) is 7. The molecule has 0 aliphatic rings. The SMILES string of the molecule is CC(=O)Nc1ccc(Nc2nncc(NCCCN(C)C)n2)cc1. The zero-order valence-electron chi connectivity index (χ0n) is 14.2. The van der Waals surface area contributed by atoms with Gasteiger partial charge in [0.05, 0.1) is 6.20 Å². The molecule has 0 saturated carbocycles. The van der Waals surface area contributed by atoms with Crippen LogP contribution < -0.4 is 16.0 Å². The van der Waals surface area contributed by atoms with Gasteiger partial charge in [-0.2, -0.15) is 10.1 Å². The van der Waals surface area contributed by atoms with Crippen LogP contribution in [0, 0.1) is 0 Å². The van der Waals surface area contributed by atoms with E-state index in [1.807, 2.05) is 26.2 Å². The summed E-state index contributed by atoms with van der Waals surface area (Å²) in [7, 11) is 4.09. The van der Waals surface area contributed by atoms with Crippen LogP contribution in [0.25, 0.3) is 0 Å². The maximum atomic E-state index is 11.0. The van der Waals surface area contributed by atoms with E-state index in [9.17, 15) is 4.79 Å². The van der Waals surface area contributed by atoms with Crippen molar-refractivity contribution in [1.29, 1.82) is 0 Å². The van der Waals surface area contributed by atoms with Gasteiger partial charge in [-0.15, -0.1) is 5.10 Å². The molecular weight excluding hydrogens is 306 g/mol. The molecule has 1 heterocycles. The zero-order chi connectivity index (χ0) is 17.4. The number of benzene rings is 1. The number of carbonyl (C=O) groups excluding carboxylic acids is 1. The van der Waals surface area contributed by atoms with Gasteiger partial charge in [0, 0.05) is 24.8 Å². The number of anilines is 4. The first-order valence-electron chi connectivity index (χ1n) is 7.76. The number of nitrogens with one attached hydrogen (secondary N) is 3. The highest BCUT2D eigenvalue weighted by atomic mass is 16.1. The third-order valence-electron chi connectivity index (χ3n) is 3.11. The predicted molar refractivity (Wildman–Crippen MR) is 95.5 cm³/mol. The molecule has 0 radical (unpaired) electrons. The predicted octanol–water partition coefficient (Wildman–Crippen LogP) is 1.94. The van der Waals surface area contributed by atoms with Crippen molar-refractivity contribution in [3.63, 3.8) is 0 Å². The Morgan fingerprint density at radius 2 is 1.88 bits per heavy atom. The van der Waals surface area contributed by atoms with Crippen molar-refractivity contribution < 1.29 is 4.79 Å². The molecule has 0 saturated heterocycles. The summed E-state index contributed by atoms with van der Waals surface area (Å²) in [6.07, 6.45) is 2.62. The van der Waals surface area contributed by atoms with Crippen LogP contribution in [0.2, 0.25) is 0 Å². The van der Waals surface area contributed by atoms with Crippen LogP contribution in [-0.2, 0) is 4.79 Å². The van der Waals surface area contributed by atoms with Crippen LogP contribution in [0.5, 0.6) is 0 Å². The third-order valence-corrected chi connectivity index (χ3v) is 3.11. The third kappa shape index (κ3) is 6.17. The molecule has 8 heteroatoms. The van der Waals surface area contributed by atoms with E-state index in [1.54, 1.807) is 18.3 Å². The Hall–Kier alpha value is -2.74. The van der Waals surface area contributed by atoms with Gasteiger partial charge in [-0.1, -0.05) is 0 Å². The van der Waals surface area contributed by atoms with Crippen LogP contribution >= 0.6 is 0 Å². The second kappa shape index (κ2) is 8.78. The van der Waals surface area contributed by atoms with Crippen molar-refractivity contribution >= 4 is 29.0 Å². The van der Waals surface area contributed by atoms with Crippen molar-refractivity contribution in [2.45, 2.75) is 13.3 Å². The summed E-state index contributed by atoms with van der Waals surface area (Å²) in [5.41, 5.74) is 1.55. The summed E-state index contributed by atoms with van der Waals surface area (Å²) in [6.45, 7) is 3.31. The molecule has 1 amide bonds. The van der Waals surface area contributed by atoms with Crippen molar-refractivity contribution in [3.05, 3.63) is 30.5 Å². The largest absolute Gasteiger partial charge is 0.369 e. The fourth-order valence-corrected chi connectivity index (χ4v) is 2.02. The number of aromatic nitrogens is 3. The molecule has 1 aromatic heterocycles. The highest BCUT2D eigenvalue weighted by molar-refractivity contribution is 5.88. The van der Waals surface area contributed by atoms with Gasteiger partial charge in [0.1, 0.15) is 0 Å². The molecule has 3 N–H and O–H groups in total. The van der Waals surface area contributed by atoms with Gasteiger partial charge in [0.25, 0.3) is 0 Å². The summed E-state index contributed by atoms with van der Waals surface area (Å²) in [5, 5.41) is 17.0. The molecule has 2 aromatic rings. The highest BCUT2D eigenvalue weighted by Crippen LogP contribution is 2.16. The van der Waals surface area contributed by atoms with Gasteiger partial charge in [-0.3, -0.25) is 4.79 Å². The molecule has 0 atom stereocenters. The minimum Gasteiger partial charge on any atom is -0.369 e. The lowest BCUT2D eigenvalue weighted by Gasteiger charge is -2.10. The van der Waals surface area contributed by atoms with E-state index in [-0.39, 0.29) is 5.91 Å². The molecule has 0 unspecified atom stereocenters. The normalized spacial score (nSPS) is 10.5. The van der Waals surface area contributed by atoms with Crippen LogP contribution in [-0.4, -0.2) is 53.2 Å². The Kier molecular flexibility index (Phi) is 6.44. The maximum Gasteiger partial charge on any atom is 0.249 e. The molecule has 24 heavy (non-hydrogen) atoms. The number of carbonyl (C=O) groups is 1. The molecule has 128 valence electrons. The molecule has 2 rings (SSSR count). The monoisotopic (exact) mass is 329 g/mol. The minimum absolute atomic E-state index is 0.101. The first-order chi connectivity index (χ1) is 11.5. The van der Waals surface area contributed by atoms with E-state index in [4.69, 9.17) is 0 Å². The Bertz CT molecular complexity index is 658. The van der Waals surface area contributed by atoms with Crippen LogP contribution in [0.15, 0.2) is 30.5 Å². The fourth-order valence-electron chi connectivity index (χ4n) is 2.02. The Balaban J connectivity index is 1.90. The second-order valence-electron chi connectivity index (χ2n) is 5.63. The quantitative estimate of drug-likeness (QED) is 0.637. The highest BCUT2D eigenvalue weighted by Gasteiger charge is 2.02. The van der Waals surface area contributed by atoms with E-state index in [0.717, 1.165) is 30.9 Å². The molecule has 0 aliphatic heterocycles. The van der Waals surface area contributed by atoms with Crippen molar-refractivity contribution in [2.75, 3.05) is 43.1 Å². The van der Waals surface area contributed by atoms with Crippen LogP contribution in [0.4, 0.5) is 23.1 Å². The zero-order valence-corrected chi connectivity index (χ0v) is 14.2. The first kappa shape index (κ1) is 17.6. The van der Waals surface area contributed by atoms with E-state index in [2.05, 4.69) is 36.0 Å².